The van der Waals surface area contributed by atoms with Crippen molar-refractivity contribution >= 4 is 15.9 Å². The summed E-state index contributed by atoms with van der Waals surface area (Å²) in [6.45, 7) is 1.89. The van der Waals surface area contributed by atoms with Gasteiger partial charge in [-0.15, -0.1) is 0 Å². The van der Waals surface area contributed by atoms with Gasteiger partial charge in [0, 0.05) is 12.1 Å². The number of hydrogen-bond acceptors (Lipinski definition) is 3. The van der Waals surface area contributed by atoms with Gasteiger partial charge >= 0.3 is 0 Å². The van der Waals surface area contributed by atoms with Crippen LogP contribution in [0.4, 0.5) is 0 Å². The van der Waals surface area contributed by atoms with Crippen LogP contribution in [0, 0.1) is 6.92 Å². The zero-order valence-electron chi connectivity index (χ0n) is 11.5. The summed E-state index contributed by atoms with van der Waals surface area (Å²) >= 11 is 0. The van der Waals surface area contributed by atoms with Gasteiger partial charge < -0.3 is 5.73 Å². The second kappa shape index (κ2) is 6.07. The average Bonchev–Trinajstić information content (AvgIpc) is 2.46. The Kier molecular flexibility index (Phi) is 4.40. The molecule has 0 spiro atoms. The molecule has 0 radical (unpaired) electrons. The van der Waals surface area contributed by atoms with Gasteiger partial charge in [-0.3, -0.25) is 4.79 Å². The van der Waals surface area contributed by atoms with Crippen molar-refractivity contribution in [2.75, 3.05) is 0 Å². The molecule has 2 aromatic carbocycles. The Bertz CT molecular complexity index is 756. The maximum absolute atomic E-state index is 12.2. The summed E-state index contributed by atoms with van der Waals surface area (Å²) in [4.78, 5) is 11.3. The van der Waals surface area contributed by atoms with Gasteiger partial charge in [-0.1, -0.05) is 36.4 Å². The number of hydrogen-bond donors (Lipinski definition) is 2. The minimum Gasteiger partial charge on any atom is -0.366 e. The van der Waals surface area contributed by atoms with Crippen molar-refractivity contribution in [3.05, 3.63) is 65.2 Å². The van der Waals surface area contributed by atoms with Crippen molar-refractivity contribution in [3.63, 3.8) is 0 Å². The van der Waals surface area contributed by atoms with Crippen molar-refractivity contribution in [2.45, 2.75) is 18.4 Å². The summed E-state index contributed by atoms with van der Waals surface area (Å²) in [5, 5.41) is 0. The number of nitrogens with two attached hydrogens (primary N) is 1. The van der Waals surface area contributed by atoms with E-state index < -0.39 is 15.9 Å². The Balaban J connectivity index is 2.24. The SMILES string of the molecule is Cc1ccc(S(=O)(=O)NCc2ccccc2)cc1C(N)=O. The van der Waals surface area contributed by atoms with Crippen LogP contribution in [0.3, 0.4) is 0 Å². The Labute approximate surface area is 123 Å². The molecule has 2 aromatic rings. The highest BCUT2D eigenvalue weighted by Gasteiger charge is 2.16. The molecule has 110 valence electrons. The van der Waals surface area contributed by atoms with Gasteiger partial charge in [-0.05, 0) is 30.2 Å². The summed E-state index contributed by atoms with van der Waals surface area (Å²) in [5.41, 5.74) is 6.94. The minimum absolute atomic E-state index is 0.0258. The topological polar surface area (TPSA) is 89.3 Å². The lowest BCUT2D eigenvalue weighted by Gasteiger charge is -2.09. The molecule has 0 aliphatic heterocycles. The highest BCUT2D eigenvalue weighted by atomic mass is 32.2. The van der Waals surface area contributed by atoms with Crippen LogP contribution in [0.15, 0.2) is 53.4 Å². The molecule has 21 heavy (non-hydrogen) atoms. The molecule has 0 bridgehead atoms. The van der Waals surface area contributed by atoms with Gasteiger partial charge in [0.2, 0.25) is 15.9 Å². The number of sulfonamides is 1. The van der Waals surface area contributed by atoms with Gasteiger partial charge in [-0.25, -0.2) is 13.1 Å². The van der Waals surface area contributed by atoms with E-state index in [2.05, 4.69) is 4.72 Å². The van der Waals surface area contributed by atoms with Gasteiger partial charge in [-0.2, -0.15) is 0 Å². The number of amides is 1. The average molecular weight is 304 g/mol. The van der Waals surface area contributed by atoms with Crippen LogP contribution in [-0.4, -0.2) is 14.3 Å². The van der Waals surface area contributed by atoms with Crippen molar-refractivity contribution < 1.29 is 13.2 Å². The van der Waals surface area contributed by atoms with Crippen molar-refractivity contribution in [3.8, 4) is 0 Å². The first-order chi connectivity index (χ1) is 9.90. The van der Waals surface area contributed by atoms with E-state index in [9.17, 15) is 13.2 Å². The molecule has 0 saturated carbocycles. The number of rotatable bonds is 5. The highest BCUT2D eigenvalue weighted by Crippen LogP contribution is 2.15. The Morgan fingerprint density at radius 3 is 2.43 bits per heavy atom. The number of carbonyl (C=O) groups excluding carboxylic acids is 1. The lowest BCUT2D eigenvalue weighted by Crippen LogP contribution is -2.24. The van der Waals surface area contributed by atoms with E-state index in [1.165, 1.54) is 12.1 Å². The lowest BCUT2D eigenvalue weighted by atomic mass is 10.1. The third-order valence-corrected chi connectivity index (χ3v) is 4.49. The maximum atomic E-state index is 12.2. The molecule has 0 heterocycles. The molecule has 0 aromatic heterocycles. The second-order valence-electron chi connectivity index (χ2n) is 4.65. The van der Waals surface area contributed by atoms with Crippen LogP contribution < -0.4 is 10.5 Å². The van der Waals surface area contributed by atoms with E-state index in [0.29, 0.717) is 5.56 Å². The van der Waals surface area contributed by atoms with Crippen LogP contribution in [0.5, 0.6) is 0 Å². The van der Waals surface area contributed by atoms with Gasteiger partial charge in [0.05, 0.1) is 4.90 Å². The molecule has 0 atom stereocenters. The van der Waals surface area contributed by atoms with E-state index in [1.807, 2.05) is 30.3 Å². The lowest BCUT2D eigenvalue weighted by molar-refractivity contribution is 0.0999. The second-order valence-corrected chi connectivity index (χ2v) is 6.42. The van der Waals surface area contributed by atoms with Crippen LogP contribution in [-0.2, 0) is 16.6 Å². The molecule has 1 amide bonds. The molecular formula is C15H16N2O3S. The monoisotopic (exact) mass is 304 g/mol. The maximum Gasteiger partial charge on any atom is 0.249 e. The van der Waals surface area contributed by atoms with E-state index in [-0.39, 0.29) is 17.0 Å². The van der Waals surface area contributed by atoms with Crippen LogP contribution in [0.25, 0.3) is 0 Å². The summed E-state index contributed by atoms with van der Waals surface area (Å²) in [5.74, 6) is -0.646. The van der Waals surface area contributed by atoms with Crippen molar-refractivity contribution in [2.24, 2.45) is 5.73 Å². The van der Waals surface area contributed by atoms with E-state index in [0.717, 1.165) is 5.56 Å². The number of aryl methyl sites for hydroxylation is 1. The molecule has 6 heteroatoms. The van der Waals surface area contributed by atoms with Crippen molar-refractivity contribution in [1.29, 1.82) is 0 Å². The molecule has 3 N–H and O–H groups in total. The third-order valence-electron chi connectivity index (χ3n) is 3.09. The van der Waals surface area contributed by atoms with Crippen LogP contribution in [0.1, 0.15) is 21.5 Å². The number of primary amides is 1. The van der Waals surface area contributed by atoms with E-state index in [4.69, 9.17) is 5.73 Å². The van der Waals surface area contributed by atoms with E-state index in [1.54, 1.807) is 13.0 Å². The zero-order chi connectivity index (χ0) is 15.5. The molecule has 2 rings (SSSR count). The van der Waals surface area contributed by atoms with Gasteiger partial charge in [0.1, 0.15) is 0 Å². The van der Waals surface area contributed by atoms with Gasteiger partial charge in [0.15, 0.2) is 0 Å². The quantitative estimate of drug-likeness (QED) is 0.878. The minimum atomic E-state index is -3.69. The van der Waals surface area contributed by atoms with Crippen LogP contribution >= 0.6 is 0 Å². The predicted molar refractivity (Wildman–Crippen MR) is 80.2 cm³/mol. The predicted octanol–water partition coefficient (Wildman–Crippen LogP) is 1.57. The Hall–Kier alpha value is -2.18. The van der Waals surface area contributed by atoms with Crippen LogP contribution in [0.2, 0.25) is 0 Å². The first-order valence-corrected chi connectivity index (χ1v) is 7.82. The van der Waals surface area contributed by atoms with Gasteiger partial charge in [0.25, 0.3) is 0 Å². The van der Waals surface area contributed by atoms with Crippen molar-refractivity contribution in [1.82, 2.24) is 4.72 Å². The first kappa shape index (κ1) is 15.2. The normalized spacial score (nSPS) is 11.3. The molecule has 0 aliphatic rings. The number of carbonyl (C=O) groups is 1. The summed E-state index contributed by atoms with van der Waals surface area (Å²) in [6, 6.07) is 13.5. The zero-order valence-corrected chi connectivity index (χ0v) is 12.4. The first-order valence-electron chi connectivity index (χ1n) is 6.34. The third kappa shape index (κ3) is 3.68. The fraction of sp³-hybridized carbons (Fsp3) is 0.133. The smallest absolute Gasteiger partial charge is 0.249 e. The fourth-order valence-electron chi connectivity index (χ4n) is 1.89. The summed E-state index contributed by atoms with van der Waals surface area (Å²) in [6.07, 6.45) is 0. The Morgan fingerprint density at radius 1 is 1.14 bits per heavy atom. The highest BCUT2D eigenvalue weighted by molar-refractivity contribution is 7.89. The fourth-order valence-corrected chi connectivity index (χ4v) is 2.93. The largest absolute Gasteiger partial charge is 0.366 e. The summed E-state index contributed by atoms with van der Waals surface area (Å²) < 4.78 is 27.0. The summed E-state index contributed by atoms with van der Waals surface area (Å²) in [7, 11) is -3.69. The molecule has 5 nitrogen and oxygen atoms in total. The van der Waals surface area contributed by atoms with E-state index >= 15 is 0 Å². The molecule has 0 saturated heterocycles. The molecule has 0 unspecified atom stereocenters. The number of nitrogens with one attached hydrogen (secondary N) is 1. The number of benzene rings is 2. The molecule has 0 fully saturated rings. The Morgan fingerprint density at radius 2 is 1.81 bits per heavy atom. The standard InChI is InChI=1S/C15H16N2O3S/c1-11-7-8-13(9-14(11)15(16)18)21(19,20)17-10-12-5-3-2-4-6-12/h2-9,17H,10H2,1H3,(H2,16,18). The molecule has 0 aliphatic carbocycles. The molecular weight excluding hydrogens is 288 g/mol.